The third-order valence-electron chi connectivity index (χ3n) is 4.51. The molecule has 2 amide bonds. The minimum absolute atomic E-state index is 0.00870. The number of aromatic amines is 1. The third-order valence-corrected chi connectivity index (χ3v) is 5.44. The van der Waals surface area contributed by atoms with Gasteiger partial charge >= 0.3 is 0 Å². The van der Waals surface area contributed by atoms with E-state index in [9.17, 15) is 9.59 Å². The number of nitrogens with one attached hydrogen (secondary N) is 3. The van der Waals surface area contributed by atoms with Gasteiger partial charge in [0.15, 0.2) is 0 Å². The molecule has 0 aromatic carbocycles. The highest BCUT2D eigenvalue weighted by Crippen LogP contribution is 2.20. The average molecular weight is 375 g/mol. The topological polar surface area (TPSA) is 90.1 Å². The zero-order valence-electron chi connectivity index (χ0n) is 14.9. The number of rotatable bonds is 8. The second kappa shape index (κ2) is 8.95. The van der Waals surface area contributed by atoms with Crippen LogP contribution in [-0.2, 0) is 22.6 Å². The summed E-state index contributed by atoms with van der Waals surface area (Å²) in [5.41, 5.74) is 0. The molecular formula is C18H25N5O2S. The minimum Gasteiger partial charge on any atom is -0.355 e. The number of H-pyrrole nitrogens is 1. The minimum atomic E-state index is -0.248. The number of likely N-dealkylation sites (N-methyl/N-ethyl adjacent to an activating group) is 1. The number of amides is 2. The van der Waals surface area contributed by atoms with Gasteiger partial charge in [0, 0.05) is 42.8 Å². The number of imidazole rings is 1. The molecule has 1 aliphatic heterocycles. The van der Waals surface area contributed by atoms with Crippen LogP contribution in [-0.4, -0.2) is 51.9 Å². The molecule has 2 atom stereocenters. The number of thiophene rings is 1. The number of likely N-dealkylation sites (tertiary alicyclic amines) is 1. The quantitative estimate of drug-likeness (QED) is 0.649. The Morgan fingerprint density at radius 3 is 3.04 bits per heavy atom. The Morgan fingerprint density at radius 1 is 1.46 bits per heavy atom. The van der Waals surface area contributed by atoms with Crippen molar-refractivity contribution in [2.75, 3.05) is 13.1 Å². The lowest BCUT2D eigenvalue weighted by Gasteiger charge is -2.22. The molecule has 1 saturated heterocycles. The van der Waals surface area contributed by atoms with Crippen LogP contribution >= 0.6 is 11.3 Å². The van der Waals surface area contributed by atoms with Crippen LogP contribution < -0.4 is 10.6 Å². The number of nitrogens with zero attached hydrogens (tertiary/aromatic N) is 2. The fourth-order valence-corrected chi connectivity index (χ4v) is 4.02. The van der Waals surface area contributed by atoms with Crippen molar-refractivity contribution in [2.45, 2.75) is 44.8 Å². The van der Waals surface area contributed by atoms with Crippen LogP contribution in [0.3, 0.4) is 0 Å². The molecule has 26 heavy (non-hydrogen) atoms. The number of aryl methyl sites for hydroxylation is 1. The Labute approximate surface area is 157 Å². The van der Waals surface area contributed by atoms with Crippen molar-refractivity contribution in [1.82, 2.24) is 25.5 Å². The van der Waals surface area contributed by atoms with E-state index in [2.05, 4.69) is 25.5 Å². The molecule has 0 radical (unpaired) electrons. The summed E-state index contributed by atoms with van der Waals surface area (Å²) in [5, 5.41) is 8.00. The summed E-state index contributed by atoms with van der Waals surface area (Å²) < 4.78 is 0. The first-order chi connectivity index (χ1) is 12.7. The molecule has 1 fully saturated rings. The van der Waals surface area contributed by atoms with Crippen molar-refractivity contribution in [1.29, 1.82) is 0 Å². The van der Waals surface area contributed by atoms with Gasteiger partial charge in [0.2, 0.25) is 11.8 Å². The summed E-state index contributed by atoms with van der Waals surface area (Å²) >= 11 is 1.67. The monoisotopic (exact) mass is 375 g/mol. The van der Waals surface area contributed by atoms with Gasteiger partial charge in [-0.25, -0.2) is 4.98 Å². The number of hydrogen-bond donors (Lipinski definition) is 3. The second-order valence-electron chi connectivity index (χ2n) is 6.46. The maximum Gasteiger partial charge on any atom is 0.237 e. The van der Waals surface area contributed by atoms with E-state index >= 15 is 0 Å². The normalized spacial score (nSPS) is 20.2. The van der Waals surface area contributed by atoms with Crippen LogP contribution in [0.5, 0.6) is 0 Å². The van der Waals surface area contributed by atoms with Crippen molar-refractivity contribution < 1.29 is 9.59 Å². The first kappa shape index (κ1) is 18.6. The Kier molecular flexibility index (Phi) is 6.40. The Balaban J connectivity index is 1.55. The van der Waals surface area contributed by atoms with Crippen LogP contribution in [0, 0.1) is 0 Å². The van der Waals surface area contributed by atoms with Gasteiger partial charge in [-0.3, -0.25) is 14.5 Å². The molecule has 3 heterocycles. The van der Waals surface area contributed by atoms with Crippen molar-refractivity contribution in [3.8, 4) is 0 Å². The number of carbonyl (C=O) groups excluding carboxylic acids is 2. The molecule has 3 N–H and O–H groups in total. The van der Waals surface area contributed by atoms with E-state index in [4.69, 9.17) is 0 Å². The molecule has 1 aliphatic rings. The smallest absolute Gasteiger partial charge is 0.237 e. The van der Waals surface area contributed by atoms with Crippen LogP contribution in [0.15, 0.2) is 29.9 Å². The van der Waals surface area contributed by atoms with E-state index in [1.165, 1.54) is 4.88 Å². The largest absolute Gasteiger partial charge is 0.355 e. The van der Waals surface area contributed by atoms with E-state index in [1.807, 2.05) is 24.4 Å². The summed E-state index contributed by atoms with van der Waals surface area (Å²) in [7, 11) is 0. The number of hydrogen-bond acceptors (Lipinski definition) is 5. The van der Waals surface area contributed by atoms with Gasteiger partial charge in [-0.2, -0.15) is 0 Å². The molecule has 0 spiro atoms. The lowest BCUT2D eigenvalue weighted by atomic mass is 10.1. The summed E-state index contributed by atoms with van der Waals surface area (Å²) in [6, 6.07) is 3.78. The SMILES string of the molecule is CCNC(=O)[C@@H]1C[C@@H](NC(=O)CCc2cccs2)CN1Cc1ncc[nH]1. The van der Waals surface area contributed by atoms with Gasteiger partial charge in [-0.1, -0.05) is 6.07 Å². The van der Waals surface area contributed by atoms with E-state index in [1.54, 1.807) is 23.7 Å². The highest BCUT2D eigenvalue weighted by Gasteiger charge is 2.37. The summed E-state index contributed by atoms with van der Waals surface area (Å²) in [4.78, 5) is 35.3. The highest BCUT2D eigenvalue weighted by molar-refractivity contribution is 7.09. The van der Waals surface area contributed by atoms with Crippen LogP contribution in [0.25, 0.3) is 0 Å². The van der Waals surface area contributed by atoms with Crippen molar-refractivity contribution >= 4 is 23.2 Å². The number of carbonyl (C=O) groups is 2. The molecule has 0 saturated carbocycles. The zero-order valence-corrected chi connectivity index (χ0v) is 15.7. The van der Waals surface area contributed by atoms with Gasteiger partial charge in [0.25, 0.3) is 0 Å². The third kappa shape index (κ3) is 4.92. The average Bonchev–Trinajstić information content (AvgIpc) is 3.36. The lowest BCUT2D eigenvalue weighted by molar-refractivity contribution is -0.125. The summed E-state index contributed by atoms with van der Waals surface area (Å²) in [6.45, 7) is 3.72. The van der Waals surface area contributed by atoms with Crippen molar-refractivity contribution in [3.05, 3.63) is 40.6 Å². The van der Waals surface area contributed by atoms with E-state index in [-0.39, 0.29) is 23.9 Å². The predicted molar refractivity (Wildman–Crippen MR) is 101 cm³/mol. The number of aromatic nitrogens is 2. The summed E-state index contributed by atoms with van der Waals surface area (Å²) in [5.74, 6) is 0.872. The Hall–Kier alpha value is -2.19. The maximum atomic E-state index is 12.4. The van der Waals surface area contributed by atoms with Crippen LogP contribution in [0.2, 0.25) is 0 Å². The van der Waals surface area contributed by atoms with Crippen molar-refractivity contribution in [2.24, 2.45) is 0 Å². The molecule has 140 valence electrons. The van der Waals surface area contributed by atoms with E-state index < -0.39 is 0 Å². The van der Waals surface area contributed by atoms with Crippen LogP contribution in [0.4, 0.5) is 0 Å². The maximum absolute atomic E-state index is 12.4. The predicted octanol–water partition coefficient (Wildman–Crippen LogP) is 1.30. The second-order valence-corrected chi connectivity index (χ2v) is 7.49. The standard InChI is InChI=1S/C18H25N5O2S/c1-2-19-18(25)15-10-13(11-23(15)12-16-20-7-8-21-16)22-17(24)6-5-14-4-3-9-26-14/h3-4,7-9,13,15H,2,5-6,10-12H2,1H3,(H,19,25)(H,20,21)(H,22,24)/t13-,15+/m1/s1. The van der Waals surface area contributed by atoms with Crippen molar-refractivity contribution in [3.63, 3.8) is 0 Å². The first-order valence-electron chi connectivity index (χ1n) is 8.97. The molecule has 2 aromatic rings. The fourth-order valence-electron chi connectivity index (χ4n) is 3.32. The zero-order chi connectivity index (χ0) is 18.4. The Bertz CT molecular complexity index is 701. The molecule has 0 bridgehead atoms. The summed E-state index contributed by atoms with van der Waals surface area (Å²) in [6.07, 6.45) is 5.33. The fraction of sp³-hybridized carbons (Fsp3) is 0.500. The molecular weight excluding hydrogens is 350 g/mol. The van der Waals surface area contributed by atoms with Gasteiger partial charge in [-0.15, -0.1) is 11.3 Å². The molecule has 7 nitrogen and oxygen atoms in total. The first-order valence-corrected chi connectivity index (χ1v) is 9.85. The molecule has 0 unspecified atom stereocenters. The van der Waals surface area contributed by atoms with Gasteiger partial charge in [0.05, 0.1) is 12.6 Å². The highest BCUT2D eigenvalue weighted by atomic mass is 32.1. The van der Waals surface area contributed by atoms with Gasteiger partial charge < -0.3 is 15.6 Å². The van der Waals surface area contributed by atoms with Crippen LogP contribution in [0.1, 0.15) is 30.5 Å². The Morgan fingerprint density at radius 2 is 2.35 bits per heavy atom. The molecule has 3 rings (SSSR count). The van der Waals surface area contributed by atoms with Gasteiger partial charge in [-0.05, 0) is 31.2 Å². The van der Waals surface area contributed by atoms with Gasteiger partial charge in [0.1, 0.15) is 5.82 Å². The molecule has 2 aromatic heterocycles. The van der Waals surface area contributed by atoms with E-state index in [0.717, 1.165) is 12.2 Å². The lowest BCUT2D eigenvalue weighted by Crippen LogP contribution is -2.42. The molecule has 8 heteroatoms. The molecule has 0 aliphatic carbocycles. The van der Waals surface area contributed by atoms with E-state index in [0.29, 0.717) is 32.5 Å².